The highest BCUT2D eigenvalue weighted by Gasteiger charge is 2.20. The second-order valence-electron chi connectivity index (χ2n) is 4.82. The van der Waals surface area contributed by atoms with Gasteiger partial charge in [0, 0.05) is 31.2 Å². The molecule has 2 heterocycles. The molecular weight excluding hydrogens is 234 g/mol. The van der Waals surface area contributed by atoms with E-state index in [2.05, 4.69) is 40.9 Å². The van der Waals surface area contributed by atoms with Crippen molar-refractivity contribution in [1.82, 2.24) is 9.88 Å². The van der Waals surface area contributed by atoms with E-state index >= 15 is 0 Å². The molecule has 0 amide bonds. The molecule has 0 saturated carbocycles. The van der Waals surface area contributed by atoms with Gasteiger partial charge in [-0.25, -0.2) is 4.98 Å². The van der Waals surface area contributed by atoms with Crippen LogP contribution < -0.4 is 4.90 Å². The fourth-order valence-corrected chi connectivity index (χ4v) is 2.54. The highest BCUT2D eigenvalue weighted by atomic mass is 35.5. The summed E-state index contributed by atoms with van der Waals surface area (Å²) in [6, 6.07) is 4.66. The first-order chi connectivity index (χ1) is 8.20. The second kappa shape index (κ2) is 5.69. The summed E-state index contributed by atoms with van der Waals surface area (Å²) >= 11 is 5.78. The Balaban J connectivity index is 2.13. The lowest BCUT2D eigenvalue weighted by atomic mass is 10.2. The fraction of sp³-hybridized carbons (Fsp3) is 0.615. The molecule has 94 valence electrons. The van der Waals surface area contributed by atoms with Gasteiger partial charge in [0.2, 0.25) is 0 Å². The predicted molar refractivity (Wildman–Crippen MR) is 72.7 cm³/mol. The molecule has 0 aromatic carbocycles. The first-order valence-corrected chi connectivity index (χ1v) is 6.70. The zero-order valence-corrected chi connectivity index (χ0v) is 11.3. The maximum Gasteiger partial charge on any atom is 0.128 e. The van der Waals surface area contributed by atoms with E-state index in [-0.39, 0.29) is 0 Å². The molecular formula is C13H20ClN3. The van der Waals surface area contributed by atoms with Crippen LogP contribution in [-0.4, -0.2) is 42.6 Å². The maximum absolute atomic E-state index is 5.78. The molecule has 3 nitrogen and oxygen atoms in total. The smallest absolute Gasteiger partial charge is 0.128 e. The van der Waals surface area contributed by atoms with E-state index in [1.165, 1.54) is 13.0 Å². The van der Waals surface area contributed by atoms with Gasteiger partial charge >= 0.3 is 0 Å². The Bertz CT molecular complexity index is 352. The molecule has 1 saturated heterocycles. The van der Waals surface area contributed by atoms with Crippen molar-refractivity contribution in [3.05, 3.63) is 23.9 Å². The van der Waals surface area contributed by atoms with Crippen LogP contribution in [0.2, 0.25) is 0 Å². The summed E-state index contributed by atoms with van der Waals surface area (Å²) in [7, 11) is 2.18. The maximum atomic E-state index is 5.78. The summed E-state index contributed by atoms with van der Waals surface area (Å²) in [4.78, 5) is 9.29. The minimum atomic E-state index is 0.511. The molecule has 0 aliphatic carbocycles. The third-order valence-electron chi connectivity index (χ3n) is 3.30. The van der Waals surface area contributed by atoms with Crippen molar-refractivity contribution < 1.29 is 0 Å². The van der Waals surface area contributed by atoms with E-state index in [0.717, 1.165) is 24.5 Å². The van der Waals surface area contributed by atoms with E-state index < -0.39 is 0 Å². The highest BCUT2D eigenvalue weighted by molar-refractivity contribution is 6.17. The Hall–Kier alpha value is -0.800. The molecule has 0 N–H and O–H groups in total. The standard InChI is InChI=1S/C13H20ClN3/c1-11-10-16(2)6-3-7-17(11)13-5-4-12(8-14)9-15-13/h4-5,9,11H,3,6-8,10H2,1-2H3. The van der Waals surface area contributed by atoms with Gasteiger partial charge in [-0.05, 0) is 38.6 Å². The van der Waals surface area contributed by atoms with Crippen LogP contribution in [0.3, 0.4) is 0 Å². The molecule has 0 spiro atoms. The Morgan fingerprint density at radius 3 is 2.88 bits per heavy atom. The number of likely N-dealkylation sites (N-methyl/N-ethyl adjacent to an activating group) is 1. The molecule has 1 unspecified atom stereocenters. The molecule has 1 aliphatic rings. The summed E-state index contributed by atoms with van der Waals surface area (Å²) < 4.78 is 0. The van der Waals surface area contributed by atoms with Gasteiger partial charge < -0.3 is 9.80 Å². The molecule has 17 heavy (non-hydrogen) atoms. The van der Waals surface area contributed by atoms with E-state index in [9.17, 15) is 0 Å². The molecule has 1 aromatic heterocycles. The number of aromatic nitrogens is 1. The molecule has 0 bridgehead atoms. The normalized spacial score (nSPS) is 22.5. The van der Waals surface area contributed by atoms with Crippen molar-refractivity contribution >= 4 is 17.4 Å². The zero-order chi connectivity index (χ0) is 12.3. The van der Waals surface area contributed by atoms with Crippen LogP contribution in [-0.2, 0) is 5.88 Å². The number of hydrogen-bond donors (Lipinski definition) is 0. The van der Waals surface area contributed by atoms with Crippen LogP contribution in [0, 0.1) is 0 Å². The van der Waals surface area contributed by atoms with Crippen LogP contribution in [0.1, 0.15) is 18.9 Å². The topological polar surface area (TPSA) is 19.4 Å². The van der Waals surface area contributed by atoms with Crippen LogP contribution in [0.25, 0.3) is 0 Å². The van der Waals surface area contributed by atoms with Gasteiger partial charge in [-0.1, -0.05) is 6.07 Å². The van der Waals surface area contributed by atoms with Gasteiger partial charge in [0.1, 0.15) is 5.82 Å². The molecule has 1 fully saturated rings. The first kappa shape index (κ1) is 12.7. The van der Waals surface area contributed by atoms with Crippen molar-refractivity contribution in [3.63, 3.8) is 0 Å². The van der Waals surface area contributed by atoms with Crippen LogP contribution in [0.4, 0.5) is 5.82 Å². The average Bonchev–Trinajstić information content (AvgIpc) is 2.50. The van der Waals surface area contributed by atoms with Crippen LogP contribution in [0.15, 0.2) is 18.3 Å². The Kier molecular flexibility index (Phi) is 4.24. The van der Waals surface area contributed by atoms with Crippen LogP contribution >= 0.6 is 11.6 Å². The second-order valence-corrected chi connectivity index (χ2v) is 5.08. The lowest BCUT2D eigenvalue weighted by Gasteiger charge is -2.29. The van der Waals surface area contributed by atoms with E-state index in [4.69, 9.17) is 11.6 Å². The quantitative estimate of drug-likeness (QED) is 0.755. The average molecular weight is 254 g/mol. The summed E-state index contributed by atoms with van der Waals surface area (Å²) in [5, 5.41) is 0. The monoisotopic (exact) mass is 253 g/mol. The number of halogens is 1. The third-order valence-corrected chi connectivity index (χ3v) is 3.61. The fourth-order valence-electron chi connectivity index (χ4n) is 2.38. The lowest BCUT2D eigenvalue weighted by molar-refractivity contribution is 0.337. The first-order valence-electron chi connectivity index (χ1n) is 6.17. The Labute approximate surface area is 108 Å². The molecule has 1 aliphatic heterocycles. The number of rotatable bonds is 2. The van der Waals surface area contributed by atoms with E-state index in [0.29, 0.717) is 11.9 Å². The third kappa shape index (κ3) is 3.11. The van der Waals surface area contributed by atoms with E-state index in [1.54, 1.807) is 0 Å². The zero-order valence-electron chi connectivity index (χ0n) is 10.6. The molecule has 1 atom stereocenters. The minimum absolute atomic E-state index is 0.511. The SMILES string of the molecule is CC1CN(C)CCCN1c1ccc(CCl)cn1. The van der Waals surface area contributed by atoms with Gasteiger partial charge in [0.15, 0.2) is 0 Å². The Morgan fingerprint density at radius 1 is 1.41 bits per heavy atom. The minimum Gasteiger partial charge on any atom is -0.353 e. The Morgan fingerprint density at radius 2 is 2.24 bits per heavy atom. The summed E-state index contributed by atoms with van der Waals surface area (Å²) in [6.45, 7) is 5.61. The van der Waals surface area contributed by atoms with Crippen molar-refractivity contribution in [1.29, 1.82) is 0 Å². The van der Waals surface area contributed by atoms with Gasteiger partial charge in [0.05, 0.1) is 0 Å². The summed E-state index contributed by atoms with van der Waals surface area (Å²) in [5.41, 5.74) is 1.08. The van der Waals surface area contributed by atoms with Gasteiger partial charge in [-0.3, -0.25) is 0 Å². The van der Waals surface area contributed by atoms with Crippen molar-refractivity contribution in [2.24, 2.45) is 0 Å². The highest BCUT2D eigenvalue weighted by Crippen LogP contribution is 2.18. The number of nitrogens with zero attached hydrogens (tertiary/aromatic N) is 3. The molecule has 4 heteroatoms. The van der Waals surface area contributed by atoms with Crippen molar-refractivity contribution in [2.45, 2.75) is 25.3 Å². The largest absolute Gasteiger partial charge is 0.353 e. The van der Waals surface area contributed by atoms with Crippen LogP contribution in [0.5, 0.6) is 0 Å². The number of alkyl halides is 1. The van der Waals surface area contributed by atoms with Gasteiger partial charge in [0.25, 0.3) is 0 Å². The molecule has 1 aromatic rings. The molecule has 0 radical (unpaired) electrons. The van der Waals surface area contributed by atoms with Gasteiger partial charge in [-0.2, -0.15) is 0 Å². The van der Waals surface area contributed by atoms with Crippen molar-refractivity contribution in [2.75, 3.05) is 31.6 Å². The number of pyridine rings is 1. The summed E-state index contributed by atoms with van der Waals surface area (Å²) in [5.74, 6) is 1.60. The summed E-state index contributed by atoms with van der Waals surface area (Å²) in [6.07, 6.45) is 3.07. The molecule has 2 rings (SSSR count). The van der Waals surface area contributed by atoms with E-state index in [1.807, 2.05) is 6.20 Å². The lowest BCUT2D eigenvalue weighted by Crippen LogP contribution is -2.38. The number of hydrogen-bond acceptors (Lipinski definition) is 3. The van der Waals surface area contributed by atoms with Crippen molar-refractivity contribution in [3.8, 4) is 0 Å². The number of anilines is 1. The predicted octanol–water partition coefficient (Wildman–Crippen LogP) is 2.35. The van der Waals surface area contributed by atoms with Gasteiger partial charge in [-0.15, -0.1) is 11.6 Å².